The van der Waals surface area contributed by atoms with Gasteiger partial charge in [-0.2, -0.15) is 0 Å². The zero-order chi connectivity index (χ0) is 5.98. The minimum absolute atomic E-state index is 0.326. The lowest BCUT2D eigenvalue weighted by atomic mass is 10.3. The average molecular weight is 222 g/mol. The van der Waals surface area contributed by atoms with Crippen LogP contribution < -0.4 is 0 Å². The van der Waals surface area contributed by atoms with E-state index in [1.54, 1.807) is 0 Å². The molecule has 44 valence electrons. The lowest BCUT2D eigenvalue weighted by molar-refractivity contribution is 0.666. The van der Waals surface area contributed by atoms with Gasteiger partial charge in [0.25, 0.3) is 0 Å². The Kier molecular flexibility index (Phi) is 1.88. The maximum atomic E-state index is 3.85. The summed E-state index contributed by atoms with van der Waals surface area (Å²) >= 11 is 2.23. The summed E-state index contributed by atoms with van der Waals surface area (Å²) in [4.78, 5) is 3.85. The summed E-state index contributed by atoms with van der Waals surface area (Å²) in [6, 6.07) is 0.326. The van der Waals surface area contributed by atoms with Crippen LogP contribution in [0.4, 0.5) is 0 Å². The van der Waals surface area contributed by atoms with Crippen LogP contribution in [-0.4, -0.2) is 22.4 Å². The van der Waals surface area contributed by atoms with Crippen LogP contribution in [0.25, 0.3) is 0 Å². The fraction of sp³-hybridized carbons (Fsp3) is 0.400. The number of rotatable bonds is 1. The molecule has 0 saturated heterocycles. The van der Waals surface area contributed by atoms with E-state index in [0.29, 0.717) is 6.04 Å². The van der Waals surface area contributed by atoms with Crippen LogP contribution in [0.15, 0.2) is 17.3 Å². The molecule has 0 saturated carbocycles. The molecule has 0 bridgehead atoms. The summed E-state index contributed by atoms with van der Waals surface area (Å²) < 4.78 is 2.07. The van der Waals surface area contributed by atoms with E-state index in [9.17, 15) is 0 Å². The highest BCUT2D eigenvalue weighted by atomic mass is 127. The van der Waals surface area contributed by atoms with E-state index in [-0.39, 0.29) is 0 Å². The maximum absolute atomic E-state index is 3.85. The maximum Gasteiger partial charge on any atom is 0.0872 e. The Morgan fingerprint density at radius 2 is 2.62 bits per heavy atom. The van der Waals surface area contributed by atoms with E-state index in [1.807, 2.05) is 12.3 Å². The summed E-state index contributed by atoms with van der Waals surface area (Å²) in [6.45, 7) is 4.42. The Balaban J connectivity index is 2.45. The number of aliphatic imine (C=N–C) groups is 1. The Hall–Kier alpha value is -0.0600. The van der Waals surface area contributed by atoms with E-state index < -0.39 is 0 Å². The molecule has 0 spiro atoms. The predicted octanol–water partition coefficient (Wildman–Crippen LogP) is 1.23. The molecule has 1 rings (SSSR count). The summed E-state index contributed by atoms with van der Waals surface area (Å²) in [5.41, 5.74) is 0. The van der Waals surface area contributed by atoms with Crippen LogP contribution in [0.3, 0.4) is 0 Å². The van der Waals surface area contributed by atoms with E-state index >= 15 is 0 Å². The number of halogens is 1. The van der Waals surface area contributed by atoms with Gasteiger partial charge in [-0.05, 0) is 12.8 Å². The van der Waals surface area contributed by atoms with Crippen molar-refractivity contribution in [2.45, 2.75) is 6.04 Å². The molecule has 0 fully saturated rings. The van der Waals surface area contributed by atoms with Crippen LogP contribution in [0, 0.1) is 0 Å². The van der Waals surface area contributed by atoms with Crippen molar-refractivity contribution in [3.8, 4) is 0 Å². The van der Waals surface area contributed by atoms with E-state index in [1.165, 1.54) is 0 Å². The van der Waals surface area contributed by atoms with Crippen molar-refractivity contribution in [3.63, 3.8) is 0 Å². The van der Waals surface area contributed by atoms with Crippen LogP contribution in [0.5, 0.6) is 0 Å². The first-order valence-corrected chi connectivity index (χ1v) is 3.36. The van der Waals surface area contributed by atoms with Gasteiger partial charge in [-0.25, -0.2) is 0 Å². The number of hydrogen-bond donors (Lipinski definition) is 0. The normalized spacial score (nSPS) is 26.6. The molecule has 2 nitrogen and oxygen atoms in total. The number of nitrogens with zero attached hydrogens (tertiary/aromatic N) is 2. The molecular formula is C5H7IN2. The second-order valence-corrected chi connectivity index (χ2v) is 2.91. The highest BCUT2D eigenvalue weighted by molar-refractivity contribution is 14.1. The summed E-state index contributed by atoms with van der Waals surface area (Å²) in [5, 5.41) is 0. The molecule has 0 aliphatic carbocycles. The standard InChI is InChI=1S/C5H7IN2/c1-7-5-2-3-8(6)4-5/h2-3,5H,1,4H2. The monoisotopic (exact) mass is 222 g/mol. The molecule has 0 N–H and O–H groups in total. The zero-order valence-corrected chi connectivity index (χ0v) is 6.58. The second kappa shape index (κ2) is 2.48. The lowest BCUT2D eigenvalue weighted by Crippen LogP contribution is -2.08. The largest absolute Gasteiger partial charge is 0.319 e. The highest BCUT2D eigenvalue weighted by Crippen LogP contribution is 2.11. The van der Waals surface area contributed by atoms with E-state index in [4.69, 9.17) is 0 Å². The van der Waals surface area contributed by atoms with Crippen LogP contribution in [0.2, 0.25) is 0 Å². The Bertz CT molecular complexity index is 122. The SMILES string of the molecule is C=NC1C=CN(I)C1. The van der Waals surface area contributed by atoms with Gasteiger partial charge in [-0.15, -0.1) is 0 Å². The molecule has 0 radical (unpaired) electrons. The van der Waals surface area contributed by atoms with Crippen molar-refractivity contribution >= 4 is 29.6 Å². The molecule has 0 aromatic carbocycles. The van der Waals surface area contributed by atoms with Crippen molar-refractivity contribution in [3.05, 3.63) is 12.3 Å². The Labute approximate surface area is 62.8 Å². The predicted molar refractivity (Wildman–Crippen MR) is 43.2 cm³/mol. The quantitative estimate of drug-likeness (QED) is 0.370. The van der Waals surface area contributed by atoms with Gasteiger partial charge in [0.2, 0.25) is 0 Å². The molecule has 3 heteroatoms. The fourth-order valence-electron chi connectivity index (χ4n) is 0.612. The van der Waals surface area contributed by atoms with E-state index in [0.717, 1.165) is 6.54 Å². The van der Waals surface area contributed by atoms with Crippen LogP contribution in [0.1, 0.15) is 0 Å². The van der Waals surface area contributed by atoms with E-state index in [2.05, 4.69) is 37.7 Å². The second-order valence-electron chi connectivity index (χ2n) is 1.67. The molecule has 1 atom stereocenters. The summed E-state index contributed by atoms with van der Waals surface area (Å²) in [5.74, 6) is 0. The van der Waals surface area contributed by atoms with Gasteiger partial charge in [0.15, 0.2) is 0 Å². The van der Waals surface area contributed by atoms with Gasteiger partial charge in [0, 0.05) is 6.20 Å². The molecule has 1 unspecified atom stereocenters. The molecule has 1 aliphatic rings. The van der Waals surface area contributed by atoms with Gasteiger partial charge >= 0.3 is 0 Å². The third-order valence-electron chi connectivity index (χ3n) is 1.07. The highest BCUT2D eigenvalue weighted by Gasteiger charge is 2.09. The molecule has 1 heterocycles. The van der Waals surface area contributed by atoms with Crippen molar-refractivity contribution < 1.29 is 0 Å². The van der Waals surface area contributed by atoms with Gasteiger partial charge in [0.1, 0.15) is 0 Å². The van der Waals surface area contributed by atoms with Crippen molar-refractivity contribution in [2.24, 2.45) is 4.99 Å². The molecule has 0 amide bonds. The Morgan fingerprint density at radius 1 is 1.88 bits per heavy atom. The van der Waals surface area contributed by atoms with Crippen molar-refractivity contribution in [2.75, 3.05) is 6.54 Å². The minimum Gasteiger partial charge on any atom is -0.319 e. The third-order valence-corrected chi connectivity index (χ3v) is 1.78. The molecular weight excluding hydrogens is 215 g/mol. The summed E-state index contributed by atoms with van der Waals surface area (Å²) in [7, 11) is 0. The van der Waals surface area contributed by atoms with Gasteiger partial charge in [0.05, 0.1) is 35.5 Å². The average Bonchev–Trinajstić information content (AvgIpc) is 2.14. The van der Waals surface area contributed by atoms with Gasteiger partial charge < -0.3 is 3.11 Å². The first-order chi connectivity index (χ1) is 3.83. The van der Waals surface area contributed by atoms with Crippen LogP contribution >= 0.6 is 22.9 Å². The van der Waals surface area contributed by atoms with Crippen LogP contribution in [-0.2, 0) is 0 Å². The molecule has 8 heavy (non-hydrogen) atoms. The third kappa shape index (κ3) is 1.21. The lowest BCUT2D eigenvalue weighted by Gasteiger charge is -2.03. The van der Waals surface area contributed by atoms with Crippen molar-refractivity contribution in [1.29, 1.82) is 0 Å². The molecule has 0 aromatic rings. The minimum atomic E-state index is 0.326. The topological polar surface area (TPSA) is 15.6 Å². The first-order valence-electron chi connectivity index (χ1n) is 2.39. The fourth-order valence-corrected chi connectivity index (χ4v) is 1.20. The van der Waals surface area contributed by atoms with Crippen molar-refractivity contribution in [1.82, 2.24) is 3.11 Å². The van der Waals surface area contributed by atoms with Gasteiger partial charge in [-0.1, -0.05) is 0 Å². The zero-order valence-electron chi connectivity index (χ0n) is 4.42. The smallest absolute Gasteiger partial charge is 0.0872 e. The molecule has 1 aliphatic heterocycles. The number of hydrogen-bond acceptors (Lipinski definition) is 2. The first kappa shape index (κ1) is 6.07. The molecule has 0 aromatic heterocycles. The Morgan fingerprint density at radius 3 is 2.88 bits per heavy atom. The summed E-state index contributed by atoms with van der Waals surface area (Å²) in [6.07, 6.45) is 4.05. The van der Waals surface area contributed by atoms with Gasteiger partial charge in [-0.3, -0.25) is 4.99 Å².